The molecule has 0 spiro atoms. The molecular weight excluding hydrogens is 362 g/mol. The van der Waals surface area contributed by atoms with Crippen LogP contribution in [0.1, 0.15) is 54.7 Å². The summed E-state index contributed by atoms with van der Waals surface area (Å²) in [5.74, 6) is 1.04. The van der Waals surface area contributed by atoms with Gasteiger partial charge in [-0.2, -0.15) is 0 Å². The number of hydrogen-bond donors (Lipinski definition) is 0. The lowest BCUT2D eigenvalue weighted by molar-refractivity contribution is 0.687. The third-order valence-corrected chi connectivity index (χ3v) is 7.38. The molecule has 0 saturated heterocycles. The lowest BCUT2D eigenvalue weighted by atomic mass is 9.80. The Kier molecular flexibility index (Phi) is 3.99. The van der Waals surface area contributed by atoms with Gasteiger partial charge in [0.25, 0.3) is 0 Å². The maximum Gasteiger partial charge on any atom is 0.0491 e. The van der Waals surface area contributed by atoms with E-state index in [1.165, 1.54) is 51.3 Å². The molecule has 1 aromatic heterocycles. The molecule has 2 aliphatic rings. The average Bonchev–Trinajstić information content (AvgIpc) is 3.01. The fourth-order valence-corrected chi connectivity index (χ4v) is 5.76. The highest BCUT2D eigenvalue weighted by atomic mass is 14.9. The van der Waals surface area contributed by atoms with Gasteiger partial charge in [-0.25, -0.2) is 0 Å². The number of para-hydroxylation sites is 1. The van der Waals surface area contributed by atoms with Crippen LogP contribution in [0.3, 0.4) is 0 Å². The number of hydrogen-bond acceptors (Lipinski definition) is 0. The van der Waals surface area contributed by atoms with Crippen LogP contribution in [0.2, 0.25) is 0 Å². The first kappa shape index (κ1) is 17.8. The molecule has 1 nitrogen and oxygen atoms in total. The van der Waals surface area contributed by atoms with Crippen LogP contribution >= 0.6 is 0 Å². The highest BCUT2D eigenvalue weighted by molar-refractivity contribution is 6.10. The Balaban J connectivity index is 1.52. The Hall–Kier alpha value is -3.06. The smallest absolute Gasteiger partial charge is 0.0491 e. The summed E-state index contributed by atoms with van der Waals surface area (Å²) < 4.78 is 2.34. The molecule has 2 atom stereocenters. The molecule has 30 heavy (non-hydrogen) atoms. The van der Waals surface area contributed by atoms with E-state index in [0.29, 0.717) is 11.8 Å². The number of benzene rings is 3. The second kappa shape index (κ2) is 6.74. The number of rotatable bonds is 1. The molecule has 1 unspecified atom stereocenters. The van der Waals surface area contributed by atoms with E-state index in [2.05, 4.69) is 97.4 Å². The zero-order chi connectivity index (χ0) is 20.2. The maximum atomic E-state index is 2.47. The van der Waals surface area contributed by atoms with Crippen molar-refractivity contribution in [3.63, 3.8) is 0 Å². The van der Waals surface area contributed by atoms with Crippen molar-refractivity contribution in [1.29, 1.82) is 0 Å². The van der Waals surface area contributed by atoms with Crippen LogP contribution < -0.4 is 0 Å². The van der Waals surface area contributed by atoms with Gasteiger partial charge in [0.1, 0.15) is 0 Å². The number of allylic oxidation sites excluding steroid dienone is 4. The van der Waals surface area contributed by atoms with E-state index in [1.807, 2.05) is 0 Å². The van der Waals surface area contributed by atoms with Crippen LogP contribution in [0.5, 0.6) is 0 Å². The van der Waals surface area contributed by atoms with Crippen LogP contribution in [0.4, 0.5) is 0 Å². The van der Waals surface area contributed by atoms with Gasteiger partial charge < -0.3 is 4.57 Å². The number of nitrogens with zero attached hydrogens (tertiary/aromatic N) is 1. The van der Waals surface area contributed by atoms with Crippen LogP contribution in [0.25, 0.3) is 27.4 Å². The Morgan fingerprint density at radius 3 is 2.53 bits per heavy atom. The molecule has 2 aliphatic carbocycles. The number of aryl methyl sites for hydroxylation is 1. The molecule has 1 heterocycles. The van der Waals surface area contributed by atoms with Gasteiger partial charge in [0.2, 0.25) is 0 Å². The van der Waals surface area contributed by atoms with E-state index >= 15 is 0 Å². The molecule has 1 heteroatoms. The summed E-state index contributed by atoms with van der Waals surface area (Å²) in [6.07, 6.45) is 8.42. The minimum absolute atomic E-state index is 0.416. The normalized spacial score (nSPS) is 21.0. The monoisotopic (exact) mass is 389 g/mol. The Labute approximate surface area is 178 Å². The summed E-state index contributed by atoms with van der Waals surface area (Å²) in [5, 5.41) is 2.79. The highest BCUT2D eigenvalue weighted by Gasteiger charge is 2.26. The van der Waals surface area contributed by atoms with Gasteiger partial charge in [-0.05, 0) is 65.1 Å². The second-order valence-electron chi connectivity index (χ2n) is 9.02. The van der Waals surface area contributed by atoms with Crippen molar-refractivity contribution >= 4 is 27.4 Å². The second-order valence-corrected chi connectivity index (χ2v) is 9.02. The van der Waals surface area contributed by atoms with E-state index in [-0.39, 0.29) is 0 Å². The average molecular weight is 390 g/mol. The molecule has 6 rings (SSSR count). The lowest BCUT2D eigenvalue weighted by Gasteiger charge is -2.24. The van der Waals surface area contributed by atoms with Gasteiger partial charge in [-0.15, -0.1) is 0 Å². The summed E-state index contributed by atoms with van der Waals surface area (Å²) in [6, 6.07) is 24.8. The molecule has 0 radical (unpaired) electrons. The van der Waals surface area contributed by atoms with Crippen molar-refractivity contribution < 1.29 is 0 Å². The molecule has 0 aliphatic heterocycles. The van der Waals surface area contributed by atoms with Gasteiger partial charge in [-0.1, -0.05) is 73.7 Å². The molecular formula is C29H27N. The predicted octanol–water partition coefficient (Wildman–Crippen LogP) is 7.73. The van der Waals surface area contributed by atoms with E-state index in [1.54, 1.807) is 11.1 Å². The van der Waals surface area contributed by atoms with Crippen LogP contribution in [-0.2, 0) is 7.05 Å². The van der Waals surface area contributed by atoms with Crippen molar-refractivity contribution in [3.8, 4) is 0 Å². The predicted molar refractivity (Wildman–Crippen MR) is 128 cm³/mol. The number of aromatic nitrogens is 1. The first-order valence-corrected chi connectivity index (χ1v) is 11.2. The van der Waals surface area contributed by atoms with Gasteiger partial charge in [0.15, 0.2) is 0 Å². The largest absolute Gasteiger partial charge is 0.344 e. The van der Waals surface area contributed by atoms with Gasteiger partial charge in [-0.3, -0.25) is 0 Å². The molecule has 0 bridgehead atoms. The summed E-state index contributed by atoms with van der Waals surface area (Å²) in [5.41, 5.74) is 10.2. The van der Waals surface area contributed by atoms with Gasteiger partial charge in [0, 0.05) is 34.8 Å². The third-order valence-electron chi connectivity index (χ3n) is 7.38. The SMILES string of the molecule is C[C@H]1CCC2=C(CC(c3cccc4c3c3ccccc3n4C)C=C2)c2ccccc21. The third kappa shape index (κ3) is 2.55. The molecule has 0 fully saturated rings. The highest BCUT2D eigenvalue weighted by Crippen LogP contribution is 2.46. The Bertz CT molecular complexity index is 1350. The fraction of sp³-hybridized carbons (Fsp3) is 0.241. The van der Waals surface area contributed by atoms with E-state index in [0.717, 1.165) is 6.42 Å². The standard InChI is InChI=1S/C29H27N/c1-19-14-15-20-16-17-21(18-26(20)24-9-4-3-8-22(19)24)23-11-7-13-28-29(23)25-10-5-6-12-27(25)30(28)2/h3-13,16-17,19,21H,14-15,18H2,1-2H3/t19-,21?/m0/s1. The Morgan fingerprint density at radius 1 is 0.833 bits per heavy atom. The summed E-state index contributed by atoms with van der Waals surface area (Å²) in [7, 11) is 2.19. The molecule has 3 aromatic carbocycles. The van der Waals surface area contributed by atoms with E-state index in [9.17, 15) is 0 Å². The molecule has 148 valence electrons. The first-order valence-electron chi connectivity index (χ1n) is 11.2. The zero-order valence-corrected chi connectivity index (χ0v) is 17.7. The Morgan fingerprint density at radius 2 is 1.60 bits per heavy atom. The van der Waals surface area contributed by atoms with Gasteiger partial charge >= 0.3 is 0 Å². The fourth-order valence-electron chi connectivity index (χ4n) is 5.76. The van der Waals surface area contributed by atoms with E-state index < -0.39 is 0 Å². The zero-order valence-electron chi connectivity index (χ0n) is 17.7. The van der Waals surface area contributed by atoms with Crippen LogP contribution in [0.15, 0.2) is 84.5 Å². The van der Waals surface area contributed by atoms with Crippen LogP contribution in [0, 0.1) is 0 Å². The van der Waals surface area contributed by atoms with Crippen molar-refractivity contribution in [2.75, 3.05) is 0 Å². The van der Waals surface area contributed by atoms with Crippen molar-refractivity contribution in [2.24, 2.45) is 7.05 Å². The summed E-state index contributed by atoms with van der Waals surface area (Å²) in [6.45, 7) is 2.38. The minimum atomic E-state index is 0.416. The van der Waals surface area contributed by atoms with Crippen molar-refractivity contribution in [3.05, 3.63) is 101 Å². The lowest BCUT2D eigenvalue weighted by Crippen LogP contribution is -2.05. The number of fused-ring (bicyclic) bond motifs is 5. The quantitative estimate of drug-likeness (QED) is 0.314. The summed E-state index contributed by atoms with van der Waals surface area (Å²) >= 11 is 0. The van der Waals surface area contributed by atoms with Crippen LogP contribution in [-0.4, -0.2) is 4.57 Å². The molecule has 0 N–H and O–H groups in total. The van der Waals surface area contributed by atoms with Gasteiger partial charge in [0.05, 0.1) is 0 Å². The topological polar surface area (TPSA) is 4.93 Å². The molecule has 0 amide bonds. The molecule has 0 saturated carbocycles. The molecule has 4 aromatic rings. The van der Waals surface area contributed by atoms with Crippen molar-refractivity contribution in [1.82, 2.24) is 4.57 Å². The van der Waals surface area contributed by atoms with Crippen molar-refractivity contribution in [2.45, 2.75) is 38.0 Å². The maximum absolute atomic E-state index is 2.47. The first-order chi connectivity index (χ1) is 14.7. The minimum Gasteiger partial charge on any atom is -0.344 e. The summed E-state index contributed by atoms with van der Waals surface area (Å²) in [4.78, 5) is 0. The van der Waals surface area contributed by atoms with E-state index in [4.69, 9.17) is 0 Å².